The Morgan fingerprint density at radius 2 is 2.16 bits per heavy atom. The minimum absolute atomic E-state index is 0.0534. The number of hydrogen-bond donors (Lipinski definition) is 0. The molecule has 6 nitrogen and oxygen atoms in total. The fraction of sp³-hybridized carbons (Fsp3) is 0.273. The van der Waals surface area contributed by atoms with Gasteiger partial charge in [0.15, 0.2) is 5.82 Å². The number of rotatable bonds is 4. The lowest BCUT2D eigenvalue weighted by atomic mass is 10.2. The van der Waals surface area contributed by atoms with Gasteiger partial charge < -0.3 is 9.30 Å². The Hall–Kier alpha value is -1.60. The van der Waals surface area contributed by atoms with Gasteiger partial charge in [0.1, 0.15) is 18.7 Å². The van der Waals surface area contributed by atoms with E-state index in [0.29, 0.717) is 17.1 Å². The molecule has 0 unspecified atom stereocenters. The molecule has 1 aromatic heterocycles. The largest absolute Gasteiger partial charge is 0.485 e. The molecule has 8 heteroatoms. The third kappa shape index (κ3) is 3.24. The second-order valence-electron chi connectivity index (χ2n) is 4.01. The van der Waals surface area contributed by atoms with Crippen LogP contribution in [0.5, 0.6) is 5.75 Å². The summed E-state index contributed by atoms with van der Waals surface area (Å²) < 4.78 is 29.7. The molecule has 1 aromatic carbocycles. The van der Waals surface area contributed by atoms with Gasteiger partial charge in [-0.3, -0.25) is 0 Å². The number of aromatic nitrogens is 3. The zero-order chi connectivity index (χ0) is 14.0. The topological polar surface area (TPSA) is 74.1 Å². The van der Waals surface area contributed by atoms with Crippen molar-refractivity contribution in [3.05, 3.63) is 35.9 Å². The van der Waals surface area contributed by atoms with Crippen LogP contribution in [0.3, 0.4) is 0 Å². The van der Waals surface area contributed by atoms with Gasteiger partial charge >= 0.3 is 0 Å². The first-order valence-corrected chi connectivity index (χ1v) is 7.70. The molecule has 0 radical (unpaired) electrons. The highest BCUT2D eigenvalue weighted by Crippen LogP contribution is 2.24. The number of hydrogen-bond acceptors (Lipinski definition) is 5. The first-order valence-electron chi connectivity index (χ1n) is 5.39. The molecule has 0 saturated carbocycles. The van der Waals surface area contributed by atoms with Gasteiger partial charge in [0.25, 0.3) is 9.05 Å². The van der Waals surface area contributed by atoms with Crippen LogP contribution in [0.25, 0.3) is 0 Å². The molecule has 0 atom stereocenters. The van der Waals surface area contributed by atoms with Crippen molar-refractivity contribution in [1.82, 2.24) is 14.8 Å². The number of halogens is 1. The number of nitrogens with zero attached hydrogens (tertiary/aromatic N) is 3. The van der Waals surface area contributed by atoms with Gasteiger partial charge in [-0.2, -0.15) is 0 Å². The molecular weight excluding hydrogens is 290 g/mol. The monoisotopic (exact) mass is 301 g/mol. The van der Waals surface area contributed by atoms with Crippen LogP contribution in [-0.4, -0.2) is 23.2 Å². The van der Waals surface area contributed by atoms with Crippen molar-refractivity contribution in [1.29, 1.82) is 0 Å². The summed E-state index contributed by atoms with van der Waals surface area (Å²) in [5, 5.41) is 7.63. The van der Waals surface area contributed by atoms with E-state index >= 15 is 0 Å². The van der Waals surface area contributed by atoms with Crippen LogP contribution in [0.4, 0.5) is 0 Å². The molecule has 0 aliphatic heterocycles. The van der Waals surface area contributed by atoms with Crippen molar-refractivity contribution in [2.24, 2.45) is 7.05 Å². The van der Waals surface area contributed by atoms with Crippen molar-refractivity contribution in [2.45, 2.75) is 18.4 Å². The Balaban J connectivity index is 2.16. The molecular formula is C11H12ClN3O3S. The summed E-state index contributed by atoms with van der Waals surface area (Å²) in [6.07, 6.45) is 1.58. The van der Waals surface area contributed by atoms with Crippen LogP contribution in [0.15, 0.2) is 29.4 Å². The lowest BCUT2D eigenvalue weighted by Crippen LogP contribution is -2.04. The SMILES string of the molecule is Cc1cc(S(=O)(=O)Cl)ccc1OCc1nncn1C. The van der Waals surface area contributed by atoms with E-state index in [9.17, 15) is 8.42 Å². The van der Waals surface area contributed by atoms with Gasteiger partial charge in [-0.05, 0) is 30.7 Å². The molecule has 0 N–H and O–H groups in total. The minimum Gasteiger partial charge on any atom is -0.485 e. The summed E-state index contributed by atoms with van der Waals surface area (Å²) in [5.74, 6) is 1.25. The number of benzene rings is 1. The van der Waals surface area contributed by atoms with Gasteiger partial charge in [-0.25, -0.2) is 8.42 Å². The van der Waals surface area contributed by atoms with Crippen molar-refractivity contribution in [2.75, 3.05) is 0 Å². The minimum atomic E-state index is -3.72. The Bertz CT molecular complexity index is 697. The molecule has 0 aliphatic carbocycles. The molecule has 0 saturated heterocycles. The van der Waals surface area contributed by atoms with Crippen LogP contribution >= 0.6 is 10.7 Å². The quantitative estimate of drug-likeness (QED) is 0.802. The van der Waals surface area contributed by atoms with E-state index in [1.165, 1.54) is 12.1 Å². The highest BCUT2D eigenvalue weighted by atomic mass is 35.7. The summed E-state index contributed by atoms with van der Waals surface area (Å²) in [6.45, 7) is 2.00. The maximum absolute atomic E-state index is 11.2. The summed E-state index contributed by atoms with van der Waals surface area (Å²) in [6, 6.07) is 4.44. The Morgan fingerprint density at radius 3 is 2.68 bits per heavy atom. The molecule has 0 bridgehead atoms. The Kier molecular flexibility index (Phi) is 3.77. The number of ether oxygens (including phenoxy) is 1. The van der Waals surface area contributed by atoms with E-state index in [2.05, 4.69) is 10.2 Å². The average molecular weight is 302 g/mol. The van der Waals surface area contributed by atoms with Crippen molar-refractivity contribution in [3.63, 3.8) is 0 Å². The highest BCUT2D eigenvalue weighted by Gasteiger charge is 2.12. The predicted molar refractivity (Wildman–Crippen MR) is 69.6 cm³/mol. The lowest BCUT2D eigenvalue weighted by molar-refractivity contribution is 0.289. The lowest BCUT2D eigenvalue weighted by Gasteiger charge is -2.09. The van der Waals surface area contributed by atoms with Crippen LogP contribution < -0.4 is 4.74 Å². The van der Waals surface area contributed by atoms with Crippen LogP contribution in [0, 0.1) is 6.92 Å². The maximum atomic E-state index is 11.2. The first kappa shape index (κ1) is 13.8. The summed E-state index contributed by atoms with van der Waals surface area (Å²) >= 11 is 0. The number of aryl methyl sites for hydroxylation is 2. The van der Waals surface area contributed by atoms with Crippen LogP contribution in [0.1, 0.15) is 11.4 Å². The predicted octanol–water partition coefficient (Wildman–Crippen LogP) is 1.63. The van der Waals surface area contributed by atoms with E-state index in [4.69, 9.17) is 15.4 Å². The zero-order valence-corrected chi connectivity index (χ0v) is 11.9. The highest BCUT2D eigenvalue weighted by molar-refractivity contribution is 8.13. The second-order valence-corrected chi connectivity index (χ2v) is 6.58. The smallest absolute Gasteiger partial charge is 0.261 e. The van der Waals surface area contributed by atoms with E-state index < -0.39 is 9.05 Å². The van der Waals surface area contributed by atoms with Gasteiger partial charge in [0, 0.05) is 17.7 Å². The third-order valence-electron chi connectivity index (χ3n) is 2.59. The normalized spacial score (nSPS) is 11.5. The van der Waals surface area contributed by atoms with Gasteiger partial charge in [0.2, 0.25) is 0 Å². The van der Waals surface area contributed by atoms with E-state index in [0.717, 1.165) is 0 Å². The first-order chi connectivity index (χ1) is 8.88. The summed E-state index contributed by atoms with van der Waals surface area (Å²) in [4.78, 5) is 0.0534. The average Bonchev–Trinajstić information content (AvgIpc) is 2.72. The zero-order valence-electron chi connectivity index (χ0n) is 10.4. The van der Waals surface area contributed by atoms with Crippen molar-refractivity contribution >= 4 is 19.7 Å². The fourth-order valence-corrected chi connectivity index (χ4v) is 2.35. The van der Waals surface area contributed by atoms with Gasteiger partial charge in [-0.1, -0.05) is 0 Å². The standard InChI is InChI=1S/C11H12ClN3O3S/c1-8-5-9(19(12,16)17)3-4-10(8)18-6-11-14-13-7-15(11)2/h3-5,7H,6H2,1-2H3. The molecule has 0 fully saturated rings. The van der Waals surface area contributed by atoms with E-state index in [1.54, 1.807) is 23.9 Å². The summed E-state index contributed by atoms with van der Waals surface area (Å²) in [5.41, 5.74) is 0.684. The van der Waals surface area contributed by atoms with Gasteiger partial charge in [0.05, 0.1) is 4.90 Å². The second kappa shape index (κ2) is 5.18. The fourth-order valence-electron chi connectivity index (χ4n) is 1.52. The molecule has 102 valence electrons. The Morgan fingerprint density at radius 1 is 1.42 bits per heavy atom. The van der Waals surface area contributed by atoms with E-state index in [1.807, 2.05) is 7.05 Å². The Labute approximate surface area is 115 Å². The third-order valence-corrected chi connectivity index (χ3v) is 3.94. The van der Waals surface area contributed by atoms with E-state index in [-0.39, 0.29) is 11.5 Å². The molecule has 0 spiro atoms. The molecule has 2 aromatic rings. The van der Waals surface area contributed by atoms with Crippen molar-refractivity contribution in [3.8, 4) is 5.75 Å². The molecule has 0 aliphatic rings. The molecule has 19 heavy (non-hydrogen) atoms. The van der Waals surface area contributed by atoms with Crippen molar-refractivity contribution < 1.29 is 13.2 Å². The van der Waals surface area contributed by atoms with Gasteiger partial charge in [-0.15, -0.1) is 10.2 Å². The summed E-state index contributed by atoms with van der Waals surface area (Å²) in [7, 11) is 3.37. The maximum Gasteiger partial charge on any atom is 0.261 e. The van der Waals surface area contributed by atoms with Crippen LogP contribution in [0.2, 0.25) is 0 Å². The molecule has 2 rings (SSSR count). The molecule has 0 amide bonds. The van der Waals surface area contributed by atoms with Crippen LogP contribution in [-0.2, 0) is 22.7 Å². The molecule has 1 heterocycles.